The Bertz CT molecular complexity index is 406. The van der Waals surface area contributed by atoms with Crippen molar-refractivity contribution in [3.05, 3.63) is 30.3 Å². The topological polar surface area (TPSA) is 26.3 Å². The third-order valence-corrected chi connectivity index (χ3v) is 5.10. The number of unbranched alkanes of at least 4 members (excludes halogenated alkanes) is 10. The molecule has 0 aromatic heterocycles. The lowest BCUT2D eigenvalue weighted by Gasteiger charge is -2.05. The second-order valence-corrected chi connectivity index (χ2v) is 7.41. The number of carbonyl (C=O) groups is 1. The molecule has 136 valence electrons. The Morgan fingerprint density at radius 1 is 0.833 bits per heavy atom. The number of thioether (sulfide) groups is 1. The lowest BCUT2D eigenvalue weighted by Crippen LogP contribution is -2.08. The summed E-state index contributed by atoms with van der Waals surface area (Å²) in [6.45, 7) is 2.84. The molecule has 0 fully saturated rings. The normalized spacial score (nSPS) is 10.7. The number of benzene rings is 1. The molecule has 1 rings (SSSR count). The van der Waals surface area contributed by atoms with Gasteiger partial charge in [-0.3, -0.25) is 4.79 Å². The van der Waals surface area contributed by atoms with Gasteiger partial charge in [0.2, 0.25) is 0 Å². The Kier molecular flexibility index (Phi) is 13.7. The van der Waals surface area contributed by atoms with Crippen molar-refractivity contribution in [3.8, 4) is 0 Å². The first-order valence-corrected chi connectivity index (χ1v) is 10.6. The van der Waals surface area contributed by atoms with Gasteiger partial charge in [0.25, 0.3) is 0 Å². The minimum Gasteiger partial charge on any atom is -0.465 e. The van der Waals surface area contributed by atoms with E-state index in [2.05, 4.69) is 6.92 Å². The fourth-order valence-electron chi connectivity index (χ4n) is 2.65. The SMILES string of the molecule is CCCCCCCCCCCCCOC(=O)CSc1ccccc1. The predicted molar refractivity (Wildman–Crippen MR) is 105 cm³/mol. The van der Waals surface area contributed by atoms with Crippen LogP contribution in [0.25, 0.3) is 0 Å². The van der Waals surface area contributed by atoms with E-state index in [0.29, 0.717) is 12.4 Å². The molecule has 0 saturated heterocycles. The van der Waals surface area contributed by atoms with E-state index in [1.165, 1.54) is 76.0 Å². The van der Waals surface area contributed by atoms with Gasteiger partial charge in [0.15, 0.2) is 0 Å². The molecule has 0 N–H and O–H groups in total. The van der Waals surface area contributed by atoms with Crippen LogP contribution in [0, 0.1) is 0 Å². The maximum Gasteiger partial charge on any atom is 0.316 e. The number of hydrogen-bond acceptors (Lipinski definition) is 3. The van der Waals surface area contributed by atoms with Crippen LogP contribution in [0.4, 0.5) is 0 Å². The zero-order valence-corrected chi connectivity index (χ0v) is 16.1. The number of ether oxygens (including phenoxy) is 1. The molecule has 0 atom stereocenters. The van der Waals surface area contributed by atoms with Crippen molar-refractivity contribution >= 4 is 17.7 Å². The maximum atomic E-state index is 11.7. The predicted octanol–water partition coefficient (Wildman–Crippen LogP) is 6.63. The Labute approximate surface area is 152 Å². The Morgan fingerprint density at radius 2 is 1.38 bits per heavy atom. The summed E-state index contributed by atoms with van der Waals surface area (Å²) in [5, 5.41) is 0. The second-order valence-electron chi connectivity index (χ2n) is 6.36. The molecule has 3 heteroatoms. The van der Waals surface area contributed by atoms with Gasteiger partial charge in [0, 0.05) is 4.90 Å². The highest BCUT2D eigenvalue weighted by molar-refractivity contribution is 8.00. The highest BCUT2D eigenvalue weighted by Gasteiger charge is 2.03. The van der Waals surface area contributed by atoms with Crippen LogP contribution in [0.1, 0.15) is 77.6 Å². The van der Waals surface area contributed by atoms with Gasteiger partial charge in [0.05, 0.1) is 12.4 Å². The largest absolute Gasteiger partial charge is 0.465 e. The summed E-state index contributed by atoms with van der Waals surface area (Å²) in [4.78, 5) is 12.8. The van der Waals surface area contributed by atoms with Crippen LogP contribution in [0.2, 0.25) is 0 Å². The summed E-state index contributed by atoms with van der Waals surface area (Å²) in [6.07, 6.45) is 14.4. The van der Waals surface area contributed by atoms with Gasteiger partial charge >= 0.3 is 5.97 Å². The molecule has 0 unspecified atom stereocenters. The zero-order chi connectivity index (χ0) is 17.3. The molecule has 0 bridgehead atoms. The fourth-order valence-corrected chi connectivity index (χ4v) is 3.37. The lowest BCUT2D eigenvalue weighted by atomic mass is 10.1. The van der Waals surface area contributed by atoms with Gasteiger partial charge in [-0.2, -0.15) is 0 Å². The summed E-state index contributed by atoms with van der Waals surface area (Å²) < 4.78 is 5.29. The molecular weight excluding hydrogens is 316 g/mol. The van der Waals surface area contributed by atoms with E-state index < -0.39 is 0 Å². The highest BCUT2D eigenvalue weighted by atomic mass is 32.2. The second kappa shape index (κ2) is 15.6. The number of hydrogen-bond donors (Lipinski definition) is 0. The third-order valence-electron chi connectivity index (χ3n) is 4.11. The molecule has 0 aliphatic rings. The van der Waals surface area contributed by atoms with Crippen LogP contribution >= 0.6 is 11.8 Å². The van der Waals surface area contributed by atoms with E-state index in [0.717, 1.165) is 11.3 Å². The Hall–Kier alpha value is -0.960. The molecule has 0 spiro atoms. The van der Waals surface area contributed by atoms with Crippen molar-refractivity contribution in [2.24, 2.45) is 0 Å². The Balaban J connectivity index is 1.82. The molecular formula is C21H34O2S. The van der Waals surface area contributed by atoms with Gasteiger partial charge in [-0.15, -0.1) is 11.8 Å². The van der Waals surface area contributed by atoms with E-state index >= 15 is 0 Å². The molecule has 0 radical (unpaired) electrons. The van der Waals surface area contributed by atoms with Gasteiger partial charge in [-0.25, -0.2) is 0 Å². The van der Waals surface area contributed by atoms with Crippen LogP contribution in [0.15, 0.2) is 35.2 Å². The van der Waals surface area contributed by atoms with Crippen LogP contribution in [-0.4, -0.2) is 18.3 Å². The van der Waals surface area contributed by atoms with Crippen molar-refractivity contribution in [3.63, 3.8) is 0 Å². The number of esters is 1. The molecule has 0 aliphatic carbocycles. The Morgan fingerprint density at radius 3 is 1.96 bits per heavy atom. The molecule has 0 saturated carbocycles. The molecule has 1 aromatic rings. The van der Waals surface area contributed by atoms with Gasteiger partial charge in [-0.1, -0.05) is 89.3 Å². The first kappa shape index (κ1) is 21.1. The molecule has 24 heavy (non-hydrogen) atoms. The van der Waals surface area contributed by atoms with Gasteiger partial charge in [-0.05, 0) is 18.6 Å². The first-order chi connectivity index (χ1) is 11.8. The number of carbonyl (C=O) groups excluding carboxylic acids is 1. The highest BCUT2D eigenvalue weighted by Crippen LogP contribution is 2.17. The van der Waals surface area contributed by atoms with Crippen LogP contribution < -0.4 is 0 Å². The van der Waals surface area contributed by atoms with E-state index in [4.69, 9.17) is 4.74 Å². The molecule has 1 aromatic carbocycles. The van der Waals surface area contributed by atoms with Crippen LogP contribution in [0.5, 0.6) is 0 Å². The number of rotatable bonds is 15. The molecule has 2 nitrogen and oxygen atoms in total. The van der Waals surface area contributed by atoms with Crippen LogP contribution in [-0.2, 0) is 9.53 Å². The molecule has 0 aliphatic heterocycles. The fraction of sp³-hybridized carbons (Fsp3) is 0.667. The third kappa shape index (κ3) is 12.5. The van der Waals surface area contributed by atoms with E-state index in [1.807, 2.05) is 30.3 Å². The minimum atomic E-state index is -0.101. The monoisotopic (exact) mass is 350 g/mol. The summed E-state index contributed by atoms with van der Waals surface area (Å²) in [7, 11) is 0. The zero-order valence-electron chi connectivity index (χ0n) is 15.3. The maximum absolute atomic E-state index is 11.7. The van der Waals surface area contributed by atoms with Crippen molar-refractivity contribution in [2.75, 3.05) is 12.4 Å². The lowest BCUT2D eigenvalue weighted by molar-refractivity contribution is -0.140. The molecule has 0 heterocycles. The average Bonchev–Trinajstić information content (AvgIpc) is 2.62. The van der Waals surface area contributed by atoms with Gasteiger partial charge in [0.1, 0.15) is 0 Å². The summed E-state index contributed by atoms with van der Waals surface area (Å²) in [5.41, 5.74) is 0. The van der Waals surface area contributed by atoms with Crippen molar-refractivity contribution in [1.82, 2.24) is 0 Å². The van der Waals surface area contributed by atoms with Crippen LogP contribution in [0.3, 0.4) is 0 Å². The molecule has 0 amide bonds. The minimum absolute atomic E-state index is 0.101. The first-order valence-electron chi connectivity index (χ1n) is 9.66. The van der Waals surface area contributed by atoms with E-state index in [9.17, 15) is 4.79 Å². The smallest absolute Gasteiger partial charge is 0.316 e. The van der Waals surface area contributed by atoms with Crippen molar-refractivity contribution in [1.29, 1.82) is 0 Å². The summed E-state index contributed by atoms with van der Waals surface area (Å²) >= 11 is 1.54. The quantitative estimate of drug-likeness (QED) is 0.202. The van der Waals surface area contributed by atoms with E-state index in [1.54, 1.807) is 0 Å². The van der Waals surface area contributed by atoms with Crippen molar-refractivity contribution < 1.29 is 9.53 Å². The average molecular weight is 351 g/mol. The van der Waals surface area contributed by atoms with Crippen molar-refractivity contribution in [2.45, 2.75) is 82.4 Å². The van der Waals surface area contributed by atoms with E-state index in [-0.39, 0.29) is 5.97 Å². The van der Waals surface area contributed by atoms with Gasteiger partial charge < -0.3 is 4.74 Å². The summed E-state index contributed by atoms with van der Waals surface area (Å²) in [5.74, 6) is 0.304. The summed E-state index contributed by atoms with van der Waals surface area (Å²) in [6, 6.07) is 9.98. The standard InChI is InChI=1S/C21H34O2S/c1-2-3-4-5-6-7-8-9-10-11-15-18-23-21(22)19-24-20-16-13-12-14-17-20/h12-14,16-17H,2-11,15,18-19H2,1H3.